The van der Waals surface area contributed by atoms with Crippen molar-refractivity contribution < 1.29 is 9.18 Å². The Labute approximate surface area is 121 Å². The van der Waals surface area contributed by atoms with Crippen molar-refractivity contribution in [3.8, 4) is 0 Å². The molecule has 0 spiro atoms. The molecule has 1 amide bonds. The summed E-state index contributed by atoms with van der Waals surface area (Å²) in [6.07, 6.45) is 3.54. The minimum atomic E-state index is -0.432. The number of benzene rings is 1. The predicted octanol–water partition coefficient (Wildman–Crippen LogP) is 3.61. The first kappa shape index (κ1) is 13.3. The first-order valence-electron chi connectivity index (χ1n) is 6.79. The van der Waals surface area contributed by atoms with Crippen molar-refractivity contribution >= 4 is 17.2 Å². The van der Waals surface area contributed by atoms with Crippen LogP contribution >= 0.6 is 11.3 Å². The van der Waals surface area contributed by atoms with Gasteiger partial charge >= 0.3 is 0 Å². The minimum absolute atomic E-state index is 0.120. The van der Waals surface area contributed by atoms with Gasteiger partial charge in [0.1, 0.15) is 5.82 Å². The molecule has 1 aliphatic rings. The zero-order valence-corrected chi connectivity index (χ0v) is 12.1. The van der Waals surface area contributed by atoms with E-state index in [0.717, 1.165) is 17.7 Å². The molecule has 0 atom stereocenters. The largest absolute Gasteiger partial charge is 0.347 e. The number of aryl methyl sites for hydroxylation is 3. The van der Waals surface area contributed by atoms with Crippen LogP contribution in [-0.4, -0.2) is 5.91 Å². The summed E-state index contributed by atoms with van der Waals surface area (Å²) in [6, 6.07) is 7.05. The Kier molecular flexibility index (Phi) is 3.57. The Hall–Kier alpha value is -1.68. The van der Waals surface area contributed by atoms with Crippen LogP contribution in [-0.2, 0) is 19.4 Å². The van der Waals surface area contributed by atoms with E-state index >= 15 is 0 Å². The van der Waals surface area contributed by atoms with Gasteiger partial charge in [0.2, 0.25) is 0 Å². The molecule has 0 bridgehead atoms. The molecule has 2 nitrogen and oxygen atoms in total. The van der Waals surface area contributed by atoms with Gasteiger partial charge in [-0.3, -0.25) is 4.79 Å². The maximum atomic E-state index is 13.9. The lowest BCUT2D eigenvalue weighted by Crippen LogP contribution is -2.23. The summed E-state index contributed by atoms with van der Waals surface area (Å²) in [4.78, 5) is 14.6. The Morgan fingerprint density at radius 1 is 1.40 bits per heavy atom. The number of thiophene rings is 1. The van der Waals surface area contributed by atoms with Crippen LogP contribution in [0.2, 0.25) is 0 Å². The van der Waals surface area contributed by atoms with Gasteiger partial charge in [0, 0.05) is 9.75 Å². The van der Waals surface area contributed by atoms with Gasteiger partial charge in [-0.05, 0) is 49.4 Å². The molecule has 1 aromatic heterocycles. The molecule has 1 aliphatic carbocycles. The van der Waals surface area contributed by atoms with Crippen LogP contribution in [0.25, 0.3) is 0 Å². The van der Waals surface area contributed by atoms with Crippen LogP contribution < -0.4 is 5.32 Å². The molecule has 0 saturated carbocycles. The standard InChI is InChI=1S/C16H16FNOS/c1-10-4-2-6-13(15(10)17)16(19)18-9-12-8-11-5-3-7-14(11)20-12/h2,4,6,8H,3,5,7,9H2,1H3,(H,18,19). The van der Waals surface area contributed by atoms with E-state index in [1.807, 2.05) is 0 Å². The van der Waals surface area contributed by atoms with Crippen molar-refractivity contribution in [2.24, 2.45) is 0 Å². The highest BCUT2D eigenvalue weighted by molar-refractivity contribution is 7.12. The van der Waals surface area contributed by atoms with E-state index in [4.69, 9.17) is 0 Å². The highest BCUT2D eigenvalue weighted by Gasteiger charge is 2.16. The van der Waals surface area contributed by atoms with E-state index < -0.39 is 5.82 Å². The first-order chi connectivity index (χ1) is 9.65. The fourth-order valence-electron chi connectivity index (χ4n) is 2.56. The van der Waals surface area contributed by atoms with E-state index in [1.54, 1.807) is 30.4 Å². The number of carbonyl (C=O) groups is 1. The van der Waals surface area contributed by atoms with Crippen molar-refractivity contribution in [2.45, 2.75) is 32.7 Å². The Morgan fingerprint density at radius 2 is 2.25 bits per heavy atom. The average molecular weight is 289 g/mol. The van der Waals surface area contributed by atoms with Crippen molar-refractivity contribution in [3.63, 3.8) is 0 Å². The molecule has 104 valence electrons. The molecule has 2 aromatic rings. The Bertz CT molecular complexity index is 641. The molecule has 1 N–H and O–H groups in total. The van der Waals surface area contributed by atoms with Gasteiger partial charge in [-0.1, -0.05) is 12.1 Å². The second-order valence-electron chi connectivity index (χ2n) is 5.13. The molecular formula is C16H16FNOS. The molecule has 20 heavy (non-hydrogen) atoms. The Balaban J connectivity index is 1.68. The van der Waals surface area contributed by atoms with E-state index in [-0.39, 0.29) is 11.5 Å². The summed E-state index contributed by atoms with van der Waals surface area (Å²) in [6.45, 7) is 2.14. The first-order valence-corrected chi connectivity index (χ1v) is 7.60. The van der Waals surface area contributed by atoms with Gasteiger partial charge in [0.15, 0.2) is 0 Å². The van der Waals surface area contributed by atoms with Crippen molar-refractivity contribution in [1.82, 2.24) is 5.32 Å². The fraction of sp³-hybridized carbons (Fsp3) is 0.312. The molecule has 3 rings (SSSR count). The molecule has 0 unspecified atom stereocenters. The highest BCUT2D eigenvalue weighted by atomic mass is 32.1. The van der Waals surface area contributed by atoms with Gasteiger partial charge in [0.05, 0.1) is 12.1 Å². The molecule has 0 fully saturated rings. The van der Waals surface area contributed by atoms with Crippen LogP contribution in [0.5, 0.6) is 0 Å². The predicted molar refractivity (Wildman–Crippen MR) is 78.7 cm³/mol. The summed E-state index contributed by atoms with van der Waals surface area (Å²) in [5, 5.41) is 2.80. The van der Waals surface area contributed by atoms with Gasteiger partial charge < -0.3 is 5.32 Å². The zero-order valence-electron chi connectivity index (χ0n) is 11.3. The van der Waals surface area contributed by atoms with Crippen LogP contribution in [0.15, 0.2) is 24.3 Å². The lowest BCUT2D eigenvalue weighted by molar-refractivity contribution is 0.0947. The van der Waals surface area contributed by atoms with Gasteiger partial charge in [0.25, 0.3) is 5.91 Å². The van der Waals surface area contributed by atoms with Crippen LogP contribution in [0, 0.1) is 12.7 Å². The van der Waals surface area contributed by atoms with Crippen LogP contribution in [0.3, 0.4) is 0 Å². The smallest absolute Gasteiger partial charge is 0.254 e. The summed E-state index contributed by atoms with van der Waals surface area (Å²) < 4.78 is 13.9. The summed E-state index contributed by atoms with van der Waals surface area (Å²) in [5.41, 5.74) is 2.03. The fourth-order valence-corrected chi connectivity index (χ4v) is 3.76. The number of carbonyl (C=O) groups excluding carboxylic acids is 1. The third-order valence-corrected chi connectivity index (χ3v) is 4.89. The van der Waals surface area contributed by atoms with Gasteiger partial charge in [-0.2, -0.15) is 0 Å². The minimum Gasteiger partial charge on any atom is -0.347 e. The second kappa shape index (κ2) is 5.37. The number of halogens is 1. The highest BCUT2D eigenvalue weighted by Crippen LogP contribution is 2.30. The summed E-state index contributed by atoms with van der Waals surface area (Å²) >= 11 is 1.76. The maximum Gasteiger partial charge on any atom is 0.254 e. The van der Waals surface area contributed by atoms with E-state index in [9.17, 15) is 9.18 Å². The molecule has 0 saturated heterocycles. The number of hydrogen-bond acceptors (Lipinski definition) is 2. The van der Waals surface area contributed by atoms with Gasteiger partial charge in [-0.25, -0.2) is 4.39 Å². The topological polar surface area (TPSA) is 29.1 Å². The quantitative estimate of drug-likeness (QED) is 0.919. The number of fused-ring (bicyclic) bond motifs is 1. The van der Waals surface area contributed by atoms with Crippen molar-refractivity contribution in [3.05, 3.63) is 56.5 Å². The van der Waals surface area contributed by atoms with Crippen molar-refractivity contribution in [2.75, 3.05) is 0 Å². The second-order valence-corrected chi connectivity index (χ2v) is 6.36. The van der Waals surface area contributed by atoms with Gasteiger partial charge in [-0.15, -0.1) is 11.3 Å². The molecule has 1 heterocycles. The monoisotopic (exact) mass is 289 g/mol. The lowest BCUT2D eigenvalue weighted by atomic mass is 10.1. The average Bonchev–Trinajstić information content (AvgIpc) is 3.00. The normalized spacial score (nSPS) is 13.3. The lowest BCUT2D eigenvalue weighted by Gasteiger charge is -2.06. The zero-order chi connectivity index (χ0) is 14.1. The van der Waals surface area contributed by atoms with Crippen LogP contribution in [0.1, 0.15) is 37.7 Å². The molecule has 0 radical (unpaired) electrons. The van der Waals surface area contributed by atoms with E-state index in [0.29, 0.717) is 12.1 Å². The van der Waals surface area contributed by atoms with Crippen LogP contribution in [0.4, 0.5) is 4.39 Å². The SMILES string of the molecule is Cc1cccc(C(=O)NCc2cc3c(s2)CCC3)c1F. The summed E-state index contributed by atoms with van der Waals surface area (Å²) in [5.74, 6) is -0.779. The number of hydrogen-bond donors (Lipinski definition) is 1. The third kappa shape index (κ3) is 2.48. The van der Waals surface area contributed by atoms with E-state index in [1.165, 1.54) is 22.9 Å². The number of amides is 1. The number of nitrogens with one attached hydrogen (secondary N) is 1. The molecular weight excluding hydrogens is 273 g/mol. The Morgan fingerprint density at radius 3 is 3.05 bits per heavy atom. The molecule has 1 aromatic carbocycles. The number of rotatable bonds is 3. The van der Waals surface area contributed by atoms with E-state index in [2.05, 4.69) is 11.4 Å². The molecule has 0 aliphatic heterocycles. The summed E-state index contributed by atoms with van der Waals surface area (Å²) in [7, 11) is 0. The maximum absolute atomic E-state index is 13.9. The third-order valence-electron chi connectivity index (χ3n) is 3.66. The molecule has 4 heteroatoms. The van der Waals surface area contributed by atoms with Crippen molar-refractivity contribution in [1.29, 1.82) is 0 Å².